The van der Waals surface area contributed by atoms with Crippen LogP contribution in [0.4, 0.5) is 10.1 Å². The summed E-state index contributed by atoms with van der Waals surface area (Å²) in [6, 6.07) is 6.77. The summed E-state index contributed by atoms with van der Waals surface area (Å²) in [5.74, 6) is -0.478. The number of rotatable bonds is 3. The normalized spacial score (nSPS) is 19.5. The molecule has 0 radical (unpaired) electrons. The predicted molar refractivity (Wildman–Crippen MR) is 92.8 cm³/mol. The zero-order valence-electron chi connectivity index (χ0n) is 14.2. The van der Waals surface area contributed by atoms with Crippen molar-refractivity contribution >= 4 is 11.4 Å². The molecule has 1 atom stereocenters. The van der Waals surface area contributed by atoms with E-state index < -0.39 is 5.82 Å². The van der Waals surface area contributed by atoms with E-state index in [1.165, 1.54) is 17.8 Å². The summed E-state index contributed by atoms with van der Waals surface area (Å²) in [5, 5.41) is 8.90. The highest BCUT2D eigenvalue weighted by molar-refractivity contribution is 5.56. The lowest BCUT2D eigenvalue weighted by Gasteiger charge is -2.43. The van der Waals surface area contributed by atoms with Crippen LogP contribution in [-0.4, -0.2) is 22.6 Å². The molecule has 0 bridgehead atoms. The first kappa shape index (κ1) is 16.3. The zero-order valence-corrected chi connectivity index (χ0v) is 14.2. The fourth-order valence-corrected chi connectivity index (χ4v) is 3.34. The van der Waals surface area contributed by atoms with Gasteiger partial charge in [-0.15, -0.1) is 0 Å². The van der Waals surface area contributed by atoms with Gasteiger partial charge in [0.25, 0.3) is 0 Å². The molecule has 1 aromatic heterocycles. The van der Waals surface area contributed by atoms with E-state index in [1.54, 1.807) is 12.3 Å². The third-order valence-electron chi connectivity index (χ3n) is 4.91. The largest absolute Gasteiger partial charge is 0.367 e. The second-order valence-corrected chi connectivity index (χ2v) is 6.95. The van der Waals surface area contributed by atoms with Crippen LogP contribution < -0.4 is 4.90 Å². The zero-order chi connectivity index (χ0) is 17.3. The van der Waals surface area contributed by atoms with Crippen LogP contribution in [0.1, 0.15) is 32.3 Å². The molecule has 1 aromatic carbocycles. The van der Waals surface area contributed by atoms with Crippen molar-refractivity contribution in [2.75, 3.05) is 11.9 Å². The van der Waals surface area contributed by atoms with Crippen LogP contribution in [0.25, 0.3) is 5.70 Å². The van der Waals surface area contributed by atoms with E-state index in [9.17, 15) is 4.39 Å². The molecule has 0 N–H and O–H groups in total. The molecule has 1 unspecified atom stereocenters. The summed E-state index contributed by atoms with van der Waals surface area (Å²) in [4.78, 5) is 6.20. The summed E-state index contributed by atoms with van der Waals surface area (Å²) in [6.07, 6.45) is 9.78. The predicted octanol–water partition coefficient (Wildman–Crippen LogP) is 4.06. The smallest absolute Gasteiger partial charge is 0.143 e. The van der Waals surface area contributed by atoms with Gasteiger partial charge in [-0.2, -0.15) is 5.26 Å². The van der Waals surface area contributed by atoms with Gasteiger partial charge in [-0.1, -0.05) is 13.8 Å². The van der Waals surface area contributed by atoms with Gasteiger partial charge in [0, 0.05) is 30.8 Å². The number of nitriles is 1. The summed E-state index contributed by atoms with van der Waals surface area (Å²) in [7, 11) is 1.97. The number of nitrogens with zero attached hydrogens (tertiary/aromatic N) is 4. The topological polar surface area (TPSA) is 44.9 Å². The van der Waals surface area contributed by atoms with Crippen molar-refractivity contribution in [3.63, 3.8) is 0 Å². The second-order valence-electron chi connectivity index (χ2n) is 6.95. The van der Waals surface area contributed by atoms with Gasteiger partial charge in [-0.25, -0.2) is 9.37 Å². The van der Waals surface area contributed by atoms with Gasteiger partial charge in [0.2, 0.25) is 0 Å². The van der Waals surface area contributed by atoms with Crippen molar-refractivity contribution in [3.05, 3.63) is 54.4 Å². The van der Waals surface area contributed by atoms with E-state index in [0.717, 1.165) is 18.5 Å². The minimum Gasteiger partial charge on any atom is -0.367 e. The Hall–Kier alpha value is -2.61. The molecule has 0 fully saturated rings. The standard InChI is InChI=1S/C19H21FN4/c1-19(2)7-6-16(24-9-8-22-13-24)11-18(19)23(3)15-5-4-14(12-21)17(20)10-15/h4-5,8-11,13,18H,6-7H2,1-3H3. The molecule has 1 aliphatic rings. The molecule has 1 heterocycles. The Morgan fingerprint density at radius 1 is 1.42 bits per heavy atom. The van der Waals surface area contributed by atoms with E-state index in [0.29, 0.717) is 0 Å². The van der Waals surface area contributed by atoms with Crippen molar-refractivity contribution in [1.82, 2.24) is 9.55 Å². The van der Waals surface area contributed by atoms with Gasteiger partial charge in [-0.05, 0) is 42.5 Å². The number of benzene rings is 1. The van der Waals surface area contributed by atoms with Crippen molar-refractivity contribution < 1.29 is 4.39 Å². The van der Waals surface area contributed by atoms with E-state index in [1.807, 2.05) is 30.2 Å². The lowest BCUT2D eigenvalue weighted by molar-refractivity contribution is 0.283. The van der Waals surface area contributed by atoms with Crippen LogP contribution in [0.15, 0.2) is 43.0 Å². The fourth-order valence-electron chi connectivity index (χ4n) is 3.34. The van der Waals surface area contributed by atoms with Crippen LogP contribution in [0, 0.1) is 22.6 Å². The Kier molecular flexibility index (Phi) is 4.15. The minimum absolute atomic E-state index is 0.0587. The third kappa shape index (κ3) is 2.92. The molecular formula is C19H21FN4. The van der Waals surface area contributed by atoms with E-state index in [2.05, 4.69) is 29.8 Å². The number of anilines is 1. The molecule has 5 heteroatoms. The van der Waals surface area contributed by atoms with Gasteiger partial charge in [0.1, 0.15) is 11.9 Å². The van der Waals surface area contributed by atoms with E-state index in [-0.39, 0.29) is 17.0 Å². The Morgan fingerprint density at radius 3 is 2.83 bits per heavy atom. The summed E-state index contributed by atoms with van der Waals surface area (Å²) >= 11 is 0. The molecule has 0 saturated heterocycles. The number of hydrogen-bond donors (Lipinski definition) is 0. The first-order valence-corrected chi connectivity index (χ1v) is 8.04. The van der Waals surface area contributed by atoms with Crippen molar-refractivity contribution in [2.45, 2.75) is 32.7 Å². The van der Waals surface area contributed by atoms with Crippen LogP contribution in [0.2, 0.25) is 0 Å². The highest BCUT2D eigenvalue weighted by atomic mass is 19.1. The lowest BCUT2D eigenvalue weighted by Crippen LogP contribution is -2.44. The number of aromatic nitrogens is 2. The lowest BCUT2D eigenvalue weighted by atomic mass is 9.75. The van der Waals surface area contributed by atoms with Crippen LogP contribution in [-0.2, 0) is 0 Å². The number of halogens is 1. The first-order chi connectivity index (χ1) is 11.4. The van der Waals surface area contributed by atoms with Crippen LogP contribution in [0.3, 0.4) is 0 Å². The van der Waals surface area contributed by atoms with E-state index in [4.69, 9.17) is 5.26 Å². The van der Waals surface area contributed by atoms with E-state index >= 15 is 0 Å². The Bertz CT molecular complexity index is 799. The first-order valence-electron chi connectivity index (χ1n) is 8.04. The van der Waals surface area contributed by atoms with Gasteiger partial charge in [0.15, 0.2) is 0 Å². The molecule has 124 valence electrons. The van der Waals surface area contributed by atoms with Crippen LogP contribution >= 0.6 is 0 Å². The SMILES string of the molecule is CN(c1ccc(C#N)c(F)c1)C1C=C(n2ccnc2)CCC1(C)C. The number of imidazole rings is 1. The fraction of sp³-hybridized carbons (Fsp3) is 0.368. The summed E-state index contributed by atoms with van der Waals surface area (Å²) < 4.78 is 16.0. The van der Waals surface area contributed by atoms with Crippen molar-refractivity contribution in [1.29, 1.82) is 5.26 Å². The quantitative estimate of drug-likeness (QED) is 0.855. The molecule has 1 aliphatic carbocycles. The Balaban J connectivity index is 1.96. The maximum absolute atomic E-state index is 14.0. The maximum Gasteiger partial charge on any atom is 0.143 e. The maximum atomic E-state index is 14.0. The van der Waals surface area contributed by atoms with Gasteiger partial charge >= 0.3 is 0 Å². The Morgan fingerprint density at radius 2 is 2.21 bits per heavy atom. The molecule has 3 rings (SSSR count). The number of allylic oxidation sites excluding steroid dienone is 1. The molecule has 4 nitrogen and oxygen atoms in total. The van der Waals surface area contributed by atoms with Crippen molar-refractivity contribution in [3.8, 4) is 6.07 Å². The monoisotopic (exact) mass is 324 g/mol. The molecule has 0 spiro atoms. The van der Waals surface area contributed by atoms with Crippen LogP contribution in [0.5, 0.6) is 0 Å². The third-order valence-corrected chi connectivity index (χ3v) is 4.91. The number of hydrogen-bond acceptors (Lipinski definition) is 3. The second kappa shape index (κ2) is 6.12. The Labute approximate surface area is 141 Å². The number of likely N-dealkylation sites (N-methyl/N-ethyl adjacent to an activating group) is 1. The van der Waals surface area contributed by atoms with Gasteiger partial charge in [-0.3, -0.25) is 0 Å². The molecule has 0 saturated carbocycles. The highest BCUT2D eigenvalue weighted by Gasteiger charge is 2.35. The average molecular weight is 324 g/mol. The summed E-state index contributed by atoms with van der Waals surface area (Å²) in [6.45, 7) is 4.46. The molecule has 24 heavy (non-hydrogen) atoms. The minimum atomic E-state index is -0.478. The molecule has 2 aromatic rings. The molecule has 0 amide bonds. The summed E-state index contributed by atoms with van der Waals surface area (Å²) in [5.41, 5.74) is 2.11. The van der Waals surface area contributed by atoms with Gasteiger partial charge in [0.05, 0.1) is 17.9 Å². The van der Waals surface area contributed by atoms with Crippen molar-refractivity contribution in [2.24, 2.45) is 5.41 Å². The molecule has 0 aliphatic heterocycles. The highest BCUT2D eigenvalue weighted by Crippen LogP contribution is 2.40. The molecular weight excluding hydrogens is 303 g/mol. The van der Waals surface area contributed by atoms with Gasteiger partial charge < -0.3 is 9.47 Å². The average Bonchev–Trinajstić information content (AvgIpc) is 3.08.